The van der Waals surface area contributed by atoms with Crippen LogP contribution in [0.25, 0.3) is 11.3 Å². The van der Waals surface area contributed by atoms with Crippen LogP contribution in [0.4, 0.5) is 5.69 Å². The van der Waals surface area contributed by atoms with Crippen molar-refractivity contribution in [2.45, 2.75) is 19.4 Å². The standard InChI is InChI=1S/C19H18N2O2S/c1-13-20-17(12-24-13)15-8-5-9-16(10-15)21-19(23)11-18(22)14-6-3-2-4-7-14/h2-10,12,18,22H,11H2,1H3,(H,21,23). The number of aliphatic hydroxyl groups excluding tert-OH is 1. The number of amides is 1. The van der Waals surface area contributed by atoms with E-state index in [4.69, 9.17) is 0 Å². The zero-order valence-electron chi connectivity index (χ0n) is 13.3. The average molecular weight is 338 g/mol. The van der Waals surface area contributed by atoms with E-state index in [1.165, 1.54) is 0 Å². The SMILES string of the molecule is Cc1nc(-c2cccc(NC(=O)CC(O)c3ccccc3)c2)cs1. The van der Waals surface area contributed by atoms with E-state index in [2.05, 4.69) is 10.3 Å². The highest BCUT2D eigenvalue weighted by molar-refractivity contribution is 7.09. The Morgan fingerprint density at radius 3 is 2.71 bits per heavy atom. The summed E-state index contributed by atoms with van der Waals surface area (Å²) in [5.41, 5.74) is 3.29. The van der Waals surface area contributed by atoms with Crippen LogP contribution < -0.4 is 5.32 Å². The molecule has 1 atom stereocenters. The van der Waals surface area contributed by atoms with E-state index in [-0.39, 0.29) is 12.3 Å². The minimum absolute atomic E-state index is 0.0179. The second-order valence-electron chi connectivity index (χ2n) is 5.51. The highest BCUT2D eigenvalue weighted by Gasteiger charge is 2.13. The van der Waals surface area contributed by atoms with Crippen LogP contribution in [0.5, 0.6) is 0 Å². The van der Waals surface area contributed by atoms with Gasteiger partial charge in [-0.1, -0.05) is 42.5 Å². The van der Waals surface area contributed by atoms with Crippen molar-refractivity contribution < 1.29 is 9.90 Å². The van der Waals surface area contributed by atoms with Crippen molar-refractivity contribution in [1.82, 2.24) is 4.98 Å². The van der Waals surface area contributed by atoms with Gasteiger partial charge in [0.15, 0.2) is 0 Å². The minimum atomic E-state index is -0.810. The number of hydrogen-bond donors (Lipinski definition) is 2. The second kappa shape index (κ2) is 7.38. The lowest BCUT2D eigenvalue weighted by Crippen LogP contribution is -2.15. The van der Waals surface area contributed by atoms with E-state index < -0.39 is 6.10 Å². The van der Waals surface area contributed by atoms with Crippen molar-refractivity contribution in [3.8, 4) is 11.3 Å². The molecule has 24 heavy (non-hydrogen) atoms. The quantitative estimate of drug-likeness (QED) is 0.733. The van der Waals surface area contributed by atoms with Gasteiger partial charge in [-0.3, -0.25) is 4.79 Å². The lowest BCUT2D eigenvalue weighted by atomic mass is 10.1. The van der Waals surface area contributed by atoms with Crippen LogP contribution in [0.3, 0.4) is 0 Å². The number of benzene rings is 2. The molecule has 0 fully saturated rings. The number of carbonyl (C=O) groups is 1. The van der Waals surface area contributed by atoms with Crippen LogP contribution in [0.2, 0.25) is 0 Å². The number of thiazole rings is 1. The van der Waals surface area contributed by atoms with Crippen molar-refractivity contribution in [3.05, 3.63) is 70.5 Å². The number of hydrogen-bond acceptors (Lipinski definition) is 4. The van der Waals surface area contributed by atoms with Crippen molar-refractivity contribution in [2.24, 2.45) is 0 Å². The molecule has 3 aromatic rings. The number of carbonyl (C=O) groups excluding carboxylic acids is 1. The fourth-order valence-electron chi connectivity index (χ4n) is 2.43. The van der Waals surface area contributed by atoms with E-state index >= 15 is 0 Å². The Labute approximate surface area is 144 Å². The summed E-state index contributed by atoms with van der Waals surface area (Å²) in [6.07, 6.45) is -0.792. The maximum Gasteiger partial charge on any atom is 0.227 e. The molecule has 5 heteroatoms. The lowest BCUT2D eigenvalue weighted by molar-refractivity contribution is -0.118. The van der Waals surface area contributed by atoms with Crippen LogP contribution >= 0.6 is 11.3 Å². The maximum atomic E-state index is 12.2. The molecule has 2 aromatic carbocycles. The topological polar surface area (TPSA) is 62.2 Å². The Balaban J connectivity index is 1.66. The average Bonchev–Trinajstić information content (AvgIpc) is 3.02. The van der Waals surface area contributed by atoms with Crippen molar-refractivity contribution in [3.63, 3.8) is 0 Å². The molecular formula is C19H18N2O2S. The molecule has 1 heterocycles. The largest absolute Gasteiger partial charge is 0.388 e. The van der Waals surface area contributed by atoms with Crippen LogP contribution in [-0.4, -0.2) is 16.0 Å². The summed E-state index contributed by atoms with van der Waals surface area (Å²) in [4.78, 5) is 16.6. The number of nitrogens with one attached hydrogen (secondary N) is 1. The molecule has 122 valence electrons. The zero-order valence-corrected chi connectivity index (χ0v) is 14.1. The van der Waals surface area contributed by atoms with Gasteiger partial charge in [-0.15, -0.1) is 11.3 Å². The molecule has 2 N–H and O–H groups in total. The molecule has 0 spiro atoms. The normalized spacial score (nSPS) is 11.9. The van der Waals surface area contributed by atoms with Crippen LogP contribution in [-0.2, 0) is 4.79 Å². The minimum Gasteiger partial charge on any atom is -0.388 e. The molecule has 3 rings (SSSR count). The predicted octanol–water partition coefficient (Wildman–Crippen LogP) is 4.18. The van der Waals surface area contributed by atoms with E-state index in [9.17, 15) is 9.90 Å². The fraction of sp³-hybridized carbons (Fsp3) is 0.158. The number of aliphatic hydroxyl groups is 1. The smallest absolute Gasteiger partial charge is 0.227 e. The Hall–Kier alpha value is -2.50. The molecule has 4 nitrogen and oxygen atoms in total. The van der Waals surface area contributed by atoms with Crippen molar-refractivity contribution in [2.75, 3.05) is 5.32 Å². The summed E-state index contributed by atoms with van der Waals surface area (Å²) in [7, 11) is 0. The van der Waals surface area contributed by atoms with E-state index in [0.717, 1.165) is 21.8 Å². The highest BCUT2D eigenvalue weighted by atomic mass is 32.1. The first-order chi connectivity index (χ1) is 11.6. The summed E-state index contributed by atoms with van der Waals surface area (Å²) in [6.45, 7) is 1.96. The lowest BCUT2D eigenvalue weighted by Gasteiger charge is -2.11. The molecule has 0 radical (unpaired) electrons. The van der Waals surface area contributed by atoms with Crippen LogP contribution in [0.1, 0.15) is 23.1 Å². The van der Waals surface area contributed by atoms with Gasteiger partial charge in [0.05, 0.1) is 23.2 Å². The molecule has 0 aliphatic carbocycles. The molecular weight excluding hydrogens is 320 g/mol. The molecule has 1 aromatic heterocycles. The third kappa shape index (κ3) is 4.07. The Morgan fingerprint density at radius 2 is 2.00 bits per heavy atom. The van der Waals surface area contributed by atoms with Gasteiger partial charge in [0.25, 0.3) is 0 Å². The Morgan fingerprint density at radius 1 is 1.21 bits per heavy atom. The van der Waals surface area contributed by atoms with Gasteiger partial charge in [0, 0.05) is 16.6 Å². The number of aryl methyl sites for hydroxylation is 1. The summed E-state index contributed by atoms with van der Waals surface area (Å²) in [6, 6.07) is 16.7. The molecule has 0 bridgehead atoms. The Bertz CT molecular complexity index is 830. The Kier molecular flexibility index (Phi) is 5.03. The van der Waals surface area contributed by atoms with Gasteiger partial charge in [0.2, 0.25) is 5.91 Å². The number of nitrogens with zero attached hydrogens (tertiary/aromatic N) is 1. The molecule has 0 saturated carbocycles. The van der Waals surface area contributed by atoms with Gasteiger partial charge in [-0.05, 0) is 24.6 Å². The maximum absolute atomic E-state index is 12.2. The third-order valence-corrected chi connectivity index (χ3v) is 4.40. The molecule has 1 amide bonds. The van der Waals surface area contributed by atoms with Gasteiger partial charge in [-0.2, -0.15) is 0 Å². The monoisotopic (exact) mass is 338 g/mol. The number of anilines is 1. The molecule has 0 saturated heterocycles. The second-order valence-corrected chi connectivity index (χ2v) is 6.57. The summed E-state index contributed by atoms with van der Waals surface area (Å²) >= 11 is 1.59. The van der Waals surface area contributed by atoms with E-state index in [0.29, 0.717) is 5.69 Å². The summed E-state index contributed by atoms with van der Waals surface area (Å²) < 4.78 is 0. The highest BCUT2D eigenvalue weighted by Crippen LogP contribution is 2.24. The summed E-state index contributed by atoms with van der Waals surface area (Å²) in [5, 5.41) is 16.0. The molecule has 1 unspecified atom stereocenters. The van der Waals surface area contributed by atoms with Gasteiger partial charge < -0.3 is 10.4 Å². The van der Waals surface area contributed by atoms with Crippen LogP contribution in [0.15, 0.2) is 60.0 Å². The third-order valence-electron chi connectivity index (χ3n) is 3.62. The van der Waals surface area contributed by atoms with E-state index in [1.807, 2.05) is 66.9 Å². The fourth-order valence-corrected chi connectivity index (χ4v) is 3.05. The summed E-state index contributed by atoms with van der Waals surface area (Å²) in [5.74, 6) is -0.224. The van der Waals surface area contributed by atoms with E-state index in [1.54, 1.807) is 11.3 Å². The first kappa shape index (κ1) is 16.4. The first-order valence-electron chi connectivity index (χ1n) is 7.67. The first-order valence-corrected chi connectivity index (χ1v) is 8.55. The molecule has 0 aliphatic heterocycles. The predicted molar refractivity (Wildman–Crippen MR) is 96.9 cm³/mol. The van der Waals surface area contributed by atoms with Gasteiger partial charge in [-0.25, -0.2) is 4.98 Å². The van der Waals surface area contributed by atoms with Crippen molar-refractivity contribution >= 4 is 22.9 Å². The number of rotatable bonds is 5. The number of aromatic nitrogens is 1. The van der Waals surface area contributed by atoms with Crippen LogP contribution in [0, 0.1) is 6.92 Å². The molecule has 0 aliphatic rings. The van der Waals surface area contributed by atoms with Crippen molar-refractivity contribution in [1.29, 1.82) is 0 Å². The van der Waals surface area contributed by atoms with Gasteiger partial charge >= 0.3 is 0 Å². The van der Waals surface area contributed by atoms with Gasteiger partial charge in [0.1, 0.15) is 0 Å². The zero-order chi connectivity index (χ0) is 16.9.